The molecular weight excluding hydrogens is 427 g/mol. The van der Waals surface area contributed by atoms with Crippen LogP contribution in [0.5, 0.6) is 0 Å². The Hall–Kier alpha value is -2.10. The molecule has 5 rings (SSSR count). The zero-order chi connectivity index (χ0) is 21.4. The molecule has 0 saturated heterocycles. The molecule has 0 unspecified atom stereocenters. The Bertz CT molecular complexity index is 1110. The van der Waals surface area contributed by atoms with Gasteiger partial charge in [0.15, 0.2) is 12.2 Å². The highest BCUT2D eigenvalue weighted by Crippen LogP contribution is 2.33. The SMILES string of the molecule is O=C(C[n+]1cc(-c2ccc(Cl)c(Cl)c2)n2c1CCC2)c1ccc(C2CCCCC2)cc1. The molecule has 3 aromatic rings. The van der Waals surface area contributed by atoms with Crippen molar-refractivity contribution in [2.24, 2.45) is 0 Å². The number of Topliss-reactive ketones (excluding diaryl/α,β-unsaturated/α-hetero) is 1. The minimum absolute atomic E-state index is 0.154. The molecule has 31 heavy (non-hydrogen) atoms. The van der Waals surface area contributed by atoms with Gasteiger partial charge in [-0.05, 0) is 48.9 Å². The van der Waals surface area contributed by atoms with Crippen LogP contribution in [0.4, 0.5) is 0 Å². The van der Waals surface area contributed by atoms with Crippen LogP contribution in [0.1, 0.15) is 66.2 Å². The number of halogens is 2. The lowest BCUT2D eigenvalue weighted by molar-refractivity contribution is -0.689. The Morgan fingerprint density at radius 3 is 2.48 bits per heavy atom. The van der Waals surface area contributed by atoms with Gasteiger partial charge in [0.1, 0.15) is 6.20 Å². The maximum Gasteiger partial charge on any atom is 0.257 e. The van der Waals surface area contributed by atoms with Crippen molar-refractivity contribution in [1.29, 1.82) is 0 Å². The molecule has 1 fully saturated rings. The fraction of sp³-hybridized carbons (Fsp3) is 0.385. The molecule has 3 nitrogen and oxygen atoms in total. The number of benzene rings is 2. The van der Waals surface area contributed by atoms with Gasteiger partial charge in [-0.25, -0.2) is 9.13 Å². The smallest absolute Gasteiger partial charge is 0.257 e. The summed E-state index contributed by atoms with van der Waals surface area (Å²) in [6.45, 7) is 1.32. The van der Waals surface area contributed by atoms with Gasteiger partial charge in [-0.2, -0.15) is 0 Å². The third kappa shape index (κ3) is 4.18. The van der Waals surface area contributed by atoms with Crippen molar-refractivity contribution < 1.29 is 9.36 Å². The topological polar surface area (TPSA) is 25.9 Å². The van der Waals surface area contributed by atoms with Crippen LogP contribution in [0.2, 0.25) is 10.0 Å². The Labute approximate surface area is 193 Å². The molecule has 0 radical (unpaired) electrons. The molecule has 2 aromatic carbocycles. The van der Waals surface area contributed by atoms with Gasteiger partial charge in [-0.1, -0.05) is 66.7 Å². The standard InChI is InChI=1S/C26H27Cl2N2O/c27-22-13-12-21(15-23(22)28)24-16-29(26-7-4-14-30(24)26)17-25(31)20-10-8-19(9-11-20)18-5-2-1-3-6-18/h8-13,15-16,18H,1-7,14,17H2/q+1. The second-order valence-electron chi connectivity index (χ2n) is 8.82. The number of aromatic nitrogens is 2. The molecule has 160 valence electrons. The highest BCUT2D eigenvalue weighted by molar-refractivity contribution is 6.42. The summed E-state index contributed by atoms with van der Waals surface area (Å²) in [6, 6.07) is 14.1. The number of carbonyl (C=O) groups is 1. The van der Waals surface area contributed by atoms with E-state index in [9.17, 15) is 4.79 Å². The van der Waals surface area contributed by atoms with Crippen LogP contribution in [-0.4, -0.2) is 10.4 Å². The molecule has 1 aromatic heterocycles. The summed E-state index contributed by atoms with van der Waals surface area (Å²) >= 11 is 12.4. The van der Waals surface area contributed by atoms with E-state index in [2.05, 4.69) is 27.5 Å². The van der Waals surface area contributed by atoms with E-state index in [1.807, 2.05) is 30.3 Å². The zero-order valence-corrected chi connectivity index (χ0v) is 19.1. The van der Waals surface area contributed by atoms with E-state index >= 15 is 0 Å². The van der Waals surface area contributed by atoms with Gasteiger partial charge in [-0.3, -0.25) is 4.79 Å². The van der Waals surface area contributed by atoms with Crippen LogP contribution < -0.4 is 4.57 Å². The summed E-state index contributed by atoms with van der Waals surface area (Å²) in [5, 5.41) is 1.10. The molecule has 0 spiro atoms. The first-order valence-electron chi connectivity index (χ1n) is 11.3. The van der Waals surface area contributed by atoms with Crippen LogP contribution in [0, 0.1) is 0 Å². The third-order valence-corrected chi connectivity index (χ3v) is 7.57. The highest BCUT2D eigenvalue weighted by Gasteiger charge is 2.30. The van der Waals surface area contributed by atoms with Gasteiger partial charge in [0.25, 0.3) is 5.82 Å². The first-order valence-corrected chi connectivity index (χ1v) is 12.1. The van der Waals surface area contributed by atoms with Crippen molar-refractivity contribution in [2.75, 3.05) is 0 Å². The number of nitrogens with zero attached hydrogens (tertiary/aromatic N) is 2. The Morgan fingerprint density at radius 2 is 1.74 bits per heavy atom. The fourth-order valence-corrected chi connectivity index (χ4v) is 5.45. The summed E-state index contributed by atoms with van der Waals surface area (Å²) in [6.07, 6.45) is 10.7. The maximum absolute atomic E-state index is 13.1. The van der Waals surface area contributed by atoms with Gasteiger partial charge in [-0.15, -0.1) is 0 Å². The molecule has 0 amide bonds. The van der Waals surface area contributed by atoms with Gasteiger partial charge in [0.05, 0.1) is 23.0 Å². The summed E-state index contributed by atoms with van der Waals surface area (Å²) in [5.41, 5.74) is 4.30. The first kappa shape index (κ1) is 20.8. The lowest BCUT2D eigenvalue weighted by atomic mass is 9.84. The fourth-order valence-electron chi connectivity index (χ4n) is 5.16. The molecule has 5 heteroatoms. The normalized spacial score (nSPS) is 16.5. The van der Waals surface area contributed by atoms with E-state index in [0.717, 1.165) is 36.2 Å². The number of hydrogen-bond acceptors (Lipinski definition) is 1. The number of fused-ring (bicyclic) bond motifs is 1. The van der Waals surface area contributed by atoms with Crippen molar-refractivity contribution in [2.45, 2.75) is 64.0 Å². The number of rotatable bonds is 5. The van der Waals surface area contributed by atoms with E-state index < -0.39 is 0 Å². The molecule has 1 saturated carbocycles. The van der Waals surface area contributed by atoms with Crippen molar-refractivity contribution in [3.63, 3.8) is 0 Å². The Balaban J connectivity index is 1.37. The Morgan fingerprint density at radius 1 is 0.968 bits per heavy atom. The van der Waals surface area contributed by atoms with Crippen molar-refractivity contribution in [1.82, 2.24) is 4.57 Å². The average molecular weight is 454 g/mol. The second-order valence-corrected chi connectivity index (χ2v) is 9.64. The summed E-state index contributed by atoms with van der Waals surface area (Å²) in [5.74, 6) is 2.02. The van der Waals surface area contributed by atoms with E-state index in [1.54, 1.807) is 0 Å². The van der Waals surface area contributed by atoms with Crippen molar-refractivity contribution >= 4 is 29.0 Å². The van der Waals surface area contributed by atoms with Crippen LogP contribution in [-0.2, 0) is 19.5 Å². The van der Waals surface area contributed by atoms with Crippen molar-refractivity contribution in [3.05, 3.63) is 75.7 Å². The quantitative estimate of drug-likeness (QED) is 0.314. The molecule has 2 heterocycles. The Kier molecular flexibility index (Phi) is 5.90. The average Bonchev–Trinajstić information content (AvgIpc) is 3.40. The monoisotopic (exact) mass is 453 g/mol. The minimum Gasteiger partial charge on any atom is -0.290 e. The van der Waals surface area contributed by atoms with Crippen molar-refractivity contribution in [3.8, 4) is 11.3 Å². The minimum atomic E-state index is 0.154. The molecule has 0 atom stereocenters. The van der Waals surface area contributed by atoms with E-state index in [0.29, 0.717) is 22.5 Å². The molecule has 0 bridgehead atoms. The first-order chi connectivity index (χ1) is 15.1. The number of ketones is 1. The van der Waals surface area contributed by atoms with Crippen LogP contribution in [0.15, 0.2) is 48.7 Å². The predicted molar refractivity (Wildman–Crippen MR) is 125 cm³/mol. The van der Waals surface area contributed by atoms with Crippen LogP contribution in [0.25, 0.3) is 11.3 Å². The maximum atomic E-state index is 13.1. The molecule has 1 aliphatic heterocycles. The third-order valence-electron chi connectivity index (χ3n) is 6.83. The summed E-state index contributed by atoms with van der Waals surface area (Å²) in [4.78, 5) is 13.1. The summed E-state index contributed by atoms with van der Waals surface area (Å²) < 4.78 is 4.42. The van der Waals surface area contributed by atoms with Crippen LogP contribution >= 0.6 is 23.2 Å². The zero-order valence-electron chi connectivity index (χ0n) is 17.6. The molecule has 0 N–H and O–H groups in total. The number of imidazole rings is 1. The van der Waals surface area contributed by atoms with Gasteiger partial charge in [0, 0.05) is 11.1 Å². The summed E-state index contributed by atoms with van der Waals surface area (Å²) in [7, 11) is 0. The van der Waals surface area contributed by atoms with E-state index in [4.69, 9.17) is 23.2 Å². The van der Waals surface area contributed by atoms with Crippen LogP contribution in [0.3, 0.4) is 0 Å². The predicted octanol–water partition coefficient (Wildman–Crippen LogP) is 6.63. The van der Waals surface area contributed by atoms with Gasteiger partial charge < -0.3 is 0 Å². The van der Waals surface area contributed by atoms with Gasteiger partial charge >= 0.3 is 0 Å². The lowest BCUT2D eigenvalue weighted by Gasteiger charge is -2.21. The lowest BCUT2D eigenvalue weighted by Crippen LogP contribution is -2.40. The number of carbonyl (C=O) groups excluding carboxylic acids is 1. The largest absolute Gasteiger partial charge is 0.290 e. The molecular formula is C26H27Cl2N2O+. The van der Waals surface area contributed by atoms with E-state index in [-0.39, 0.29) is 5.78 Å². The van der Waals surface area contributed by atoms with E-state index in [1.165, 1.54) is 43.5 Å². The highest BCUT2D eigenvalue weighted by atomic mass is 35.5. The second kappa shape index (κ2) is 8.80. The van der Waals surface area contributed by atoms with Gasteiger partial charge in [0.2, 0.25) is 5.78 Å². The molecule has 2 aliphatic rings. The molecule has 1 aliphatic carbocycles. The number of hydrogen-bond donors (Lipinski definition) is 0.